The number of hydrogen-bond acceptors (Lipinski definition) is 5. The zero-order valence-corrected chi connectivity index (χ0v) is 12.9. The highest BCUT2D eigenvalue weighted by molar-refractivity contribution is 7.13. The minimum atomic E-state index is -0.543. The first-order valence-electron chi connectivity index (χ1n) is 6.86. The molecule has 7 heteroatoms. The Morgan fingerprint density at radius 3 is 2.73 bits per heavy atom. The smallest absolute Gasteiger partial charge is 0.407 e. The predicted octanol–water partition coefficient (Wildman–Crippen LogP) is 2.96. The summed E-state index contributed by atoms with van der Waals surface area (Å²) in [6, 6.07) is 8.84. The molecule has 0 saturated carbocycles. The summed E-state index contributed by atoms with van der Waals surface area (Å²) < 4.78 is 4.89. The van der Waals surface area contributed by atoms with Gasteiger partial charge in [0.15, 0.2) is 5.13 Å². The fourth-order valence-corrected chi connectivity index (χ4v) is 2.44. The van der Waals surface area contributed by atoms with E-state index in [0.717, 1.165) is 5.56 Å². The van der Waals surface area contributed by atoms with Gasteiger partial charge in [-0.25, -0.2) is 9.78 Å². The van der Waals surface area contributed by atoms with Crippen molar-refractivity contribution in [1.29, 1.82) is 0 Å². The van der Waals surface area contributed by atoms with Gasteiger partial charge >= 0.3 is 6.09 Å². The molecule has 2 aromatic rings. The summed E-state index contributed by atoms with van der Waals surface area (Å²) in [5.41, 5.74) is 0.838. The molecule has 2 rings (SSSR count). The lowest BCUT2D eigenvalue weighted by Crippen LogP contribution is -2.32. The normalized spacial score (nSPS) is 11.5. The molecule has 1 aromatic heterocycles. The van der Waals surface area contributed by atoms with Gasteiger partial charge in [0, 0.05) is 11.6 Å². The van der Waals surface area contributed by atoms with Crippen LogP contribution in [0.1, 0.15) is 24.9 Å². The molecule has 0 unspecified atom stereocenters. The molecule has 0 bridgehead atoms. The molecular weight excluding hydrogens is 302 g/mol. The summed E-state index contributed by atoms with van der Waals surface area (Å²) in [4.78, 5) is 27.7. The van der Waals surface area contributed by atoms with Crippen LogP contribution in [0.15, 0.2) is 41.9 Å². The van der Waals surface area contributed by atoms with Crippen molar-refractivity contribution in [3.63, 3.8) is 0 Å². The second-order valence-corrected chi connectivity index (χ2v) is 5.31. The van der Waals surface area contributed by atoms with Crippen LogP contribution < -0.4 is 10.6 Å². The molecule has 2 N–H and O–H groups in total. The standard InChI is InChI=1S/C15H17N3O3S/c1-2-21-15(20)17-12(11-6-4-3-5-7-11)10-13(19)18-14-16-8-9-22-14/h3-9,12H,2,10H2,1H3,(H,17,20)(H,16,18,19)/t12-/m1/s1. The molecule has 6 nitrogen and oxygen atoms in total. The zero-order chi connectivity index (χ0) is 15.8. The minimum Gasteiger partial charge on any atom is -0.450 e. The number of hydrogen-bond donors (Lipinski definition) is 2. The molecule has 0 saturated heterocycles. The summed E-state index contributed by atoms with van der Waals surface area (Å²) in [5.74, 6) is -0.222. The SMILES string of the molecule is CCOC(=O)N[C@H](CC(=O)Nc1nccs1)c1ccccc1. The Morgan fingerprint density at radius 2 is 2.09 bits per heavy atom. The lowest BCUT2D eigenvalue weighted by molar-refractivity contribution is -0.116. The largest absolute Gasteiger partial charge is 0.450 e. The first kappa shape index (κ1) is 16.0. The van der Waals surface area contributed by atoms with E-state index < -0.39 is 12.1 Å². The number of alkyl carbamates (subject to hydrolysis) is 1. The Hall–Kier alpha value is -2.41. The number of rotatable bonds is 6. The van der Waals surface area contributed by atoms with Crippen molar-refractivity contribution >= 4 is 28.5 Å². The van der Waals surface area contributed by atoms with Crippen LogP contribution in [0.5, 0.6) is 0 Å². The molecule has 1 atom stereocenters. The Balaban J connectivity index is 2.03. The lowest BCUT2D eigenvalue weighted by atomic mass is 10.0. The van der Waals surface area contributed by atoms with E-state index in [-0.39, 0.29) is 18.9 Å². The highest BCUT2D eigenvalue weighted by atomic mass is 32.1. The maximum absolute atomic E-state index is 12.1. The van der Waals surface area contributed by atoms with Crippen molar-refractivity contribution in [2.24, 2.45) is 0 Å². The maximum Gasteiger partial charge on any atom is 0.407 e. The molecule has 116 valence electrons. The Kier molecular flexibility index (Phi) is 5.91. The van der Waals surface area contributed by atoms with Crippen LogP contribution in [0.2, 0.25) is 0 Å². The number of carbonyl (C=O) groups is 2. The van der Waals surface area contributed by atoms with E-state index in [2.05, 4.69) is 15.6 Å². The summed E-state index contributed by atoms with van der Waals surface area (Å²) in [6.45, 7) is 2.00. The fraction of sp³-hybridized carbons (Fsp3) is 0.267. The molecule has 0 aliphatic carbocycles. The van der Waals surface area contributed by atoms with Crippen molar-refractivity contribution in [3.8, 4) is 0 Å². The lowest BCUT2D eigenvalue weighted by Gasteiger charge is -2.18. The van der Waals surface area contributed by atoms with E-state index in [1.54, 1.807) is 18.5 Å². The van der Waals surface area contributed by atoms with Crippen molar-refractivity contribution in [1.82, 2.24) is 10.3 Å². The molecule has 2 amide bonds. The molecule has 0 fully saturated rings. The van der Waals surface area contributed by atoms with Gasteiger partial charge in [-0.2, -0.15) is 0 Å². The monoisotopic (exact) mass is 319 g/mol. The highest BCUT2D eigenvalue weighted by Crippen LogP contribution is 2.18. The number of carbonyl (C=O) groups excluding carboxylic acids is 2. The molecule has 0 aliphatic rings. The molecule has 0 radical (unpaired) electrons. The first-order chi connectivity index (χ1) is 10.7. The molecule has 0 spiro atoms. The van der Waals surface area contributed by atoms with Crippen LogP contribution in [0.4, 0.5) is 9.93 Å². The minimum absolute atomic E-state index is 0.0996. The van der Waals surface area contributed by atoms with E-state index in [4.69, 9.17) is 4.74 Å². The van der Waals surface area contributed by atoms with Crippen molar-refractivity contribution in [3.05, 3.63) is 47.5 Å². The first-order valence-corrected chi connectivity index (χ1v) is 7.74. The van der Waals surface area contributed by atoms with E-state index in [9.17, 15) is 9.59 Å². The van der Waals surface area contributed by atoms with Gasteiger partial charge in [0.1, 0.15) is 0 Å². The number of aromatic nitrogens is 1. The summed E-state index contributed by atoms with van der Waals surface area (Å²) in [7, 11) is 0. The van der Waals surface area contributed by atoms with Crippen LogP contribution in [-0.4, -0.2) is 23.6 Å². The van der Waals surface area contributed by atoms with E-state index in [0.29, 0.717) is 5.13 Å². The van der Waals surface area contributed by atoms with Gasteiger partial charge in [-0.05, 0) is 12.5 Å². The van der Waals surface area contributed by atoms with Gasteiger partial charge in [0.25, 0.3) is 0 Å². The highest BCUT2D eigenvalue weighted by Gasteiger charge is 2.19. The Morgan fingerprint density at radius 1 is 1.32 bits per heavy atom. The third-order valence-corrected chi connectivity index (χ3v) is 3.53. The summed E-state index contributed by atoms with van der Waals surface area (Å²) in [6.07, 6.45) is 1.17. The Bertz CT molecular complexity index is 602. The molecule has 22 heavy (non-hydrogen) atoms. The number of amides is 2. The zero-order valence-electron chi connectivity index (χ0n) is 12.1. The van der Waals surface area contributed by atoms with Crippen molar-refractivity contribution in [2.75, 3.05) is 11.9 Å². The predicted molar refractivity (Wildman–Crippen MR) is 84.7 cm³/mol. The van der Waals surface area contributed by atoms with Gasteiger partial charge in [0.05, 0.1) is 19.1 Å². The van der Waals surface area contributed by atoms with Crippen LogP contribution in [0.25, 0.3) is 0 Å². The van der Waals surface area contributed by atoms with Crippen LogP contribution in [-0.2, 0) is 9.53 Å². The van der Waals surface area contributed by atoms with Gasteiger partial charge in [-0.15, -0.1) is 11.3 Å². The van der Waals surface area contributed by atoms with Crippen LogP contribution in [0.3, 0.4) is 0 Å². The van der Waals surface area contributed by atoms with Crippen LogP contribution in [0, 0.1) is 0 Å². The quantitative estimate of drug-likeness (QED) is 0.858. The second kappa shape index (κ2) is 8.14. The van der Waals surface area contributed by atoms with Gasteiger partial charge in [-0.3, -0.25) is 4.79 Å². The molecule has 1 aromatic carbocycles. The third kappa shape index (κ3) is 4.85. The summed E-state index contributed by atoms with van der Waals surface area (Å²) >= 11 is 1.34. The Labute approximate surface area is 132 Å². The van der Waals surface area contributed by atoms with Crippen molar-refractivity contribution in [2.45, 2.75) is 19.4 Å². The van der Waals surface area contributed by atoms with Gasteiger partial charge in [0.2, 0.25) is 5.91 Å². The number of nitrogens with one attached hydrogen (secondary N) is 2. The maximum atomic E-state index is 12.1. The van der Waals surface area contributed by atoms with Gasteiger partial charge in [-0.1, -0.05) is 30.3 Å². The number of benzene rings is 1. The van der Waals surface area contributed by atoms with E-state index in [1.165, 1.54) is 11.3 Å². The molecule has 1 heterocycles. The van der Waals surface area contributed by atoms with Crippen LogP contribution >= 0.6 is 11.3 Å². The topological polar surface area (TPSA) is 80.3 Å². The second-order valence-electron chi connectivity index (χ2n) is 4.42. The average Bonchev–Trinajstić information content (AvgIpc) is 3.00. The number of anilines is 1. The third-order valence-electron chi connectivity index (χ3n) is 2.84. The average molecular weight is 319 g/mol. The number of thiazole rings is 1. The van der Waals surface area contributed by atoms with E-state index in [1.807, 2.05) is 30.3 Å². The van der Waals surface area contributed by atoms with Crippen molar-refractivity contribution < 1.29 is 14.3 Å². The van der Waals surface area contributed by atoms with Gasteiger partial charge < -0.3 is 15.4 Å². The molecule has 0 aliphatic heterocycles. The molecular formula is C15H17N3O3S. The summed E-state index contributed by atoms with van der Waals surface area (Å²) in [5, 5.41) is 7.72. The number of ether oxygens (including phenoxy) is 1. The number of nitrogens with zero attached hydrogens (tertiary/aromatic N) is 1. The fourth-order valence-electron chi connectivity index (χ4n) is 1.89. The van der Waals surface area contributed by atoms with E-state index >= 15 is 0 Å².